The first-order valence-corrected chi connectivity index (χ1v) is 11.7. The standard InChI is InChI=1S/C19H23ClN2O4S2/c1-3-26-17-5-4-15(14(2)23)12-16(17)13-21-8-10-22(11-9-21)28(24,25)19-7-6-18(20)27-19/h4-7,12H,3,8-11,13H2,1-2H3. The van der Waals surface area contributed by atoms with Gasteiger partial charge in [0, 0.05) is 43.9 Å². The Bertz CT molecular complexity index is 951. The summed E-state index contributed by atoms with van der Waals surface area (Å²) in [5, 5.41) is 0. The molecule has 6 nitrogen and oxygen atoms in total. The maximum atomic E-state index is 12.7. The smallest absolute Gasteiger partial charge is 0.252 e. The van der Waals surface area contributed by atoms with E-state index in [4.69, 9.17) is 16.3 Å². The van der Waals surface area contributed by atoms with Crippen LogP contribution < -0.4 is 4.74 Å². The first-order chi connectivity index (χ1) is 13.3. The van der Waals surface area contributed by atoms with E-state index in [1.165, 1.54) is 4.31 Å². The molecule has 0 atom stereocenters. The highest BCUT2D eigenvalue weighted by molar-refractivity contribution is 7.91. The molecule has 0 radical (unpaired) electrons. The minimum Gasteiger partial charge on any atom is -0.494 e. The van der Waals surface area contributed by atoms with E-state index in [0.717, 1.165) is 22.6 Å². The highest BCUT2D eigenvalue weighted by Crippen LogP contribution is 2.29. The Morgan fingerprint density at radius 2 is 1.89 bits per heavy atom. The minimum atomic E-state index is -3.50. The van der Waals surface area contributed by atoms with Crippen LogP contribution in [0.1, 0.15) is 29.8 Å². The van der Waals surface area contributed by atoms with Crippen molar-refractivity contribution < 1.29 is 17.9 Å². The van der Waals surface area contributed by atoms with Crippen LogP contribution in [0.4, 0.5) is 0 Å². The van der Waals surface area contributed by atoms with E-state index in [-0.39, 0.29) is 9.99 Å². The molecule has 0 spiro atoms. The summed E-state index contributed by atoms with van der Waals surface area (Å²) >= 11 is 6.96. The lowest BCUT2D eigenvalue weighted by molar-refractivity contribution is 0.101. The normalized spacial score (nSPS) is 16.2. The van der Waals surface area contributed by atoms with Crippen LogP contribution in [0.5, 0.6) is 5.75 Å². The lowest BCUT2D eigenvalue weighted by atomic mass is 10.1. The number of nitrogens with zero attached hydrogens (tertiary/aromatic N) is 2. The van der Waals surface area contributed by atoms with Crippen LogP contribution in [0, 0.1) is 0 Å². The molecule has 0 amide bonds. The van der Waals surface area contributed by atoms with E-state index in [2.05, 4.69) is 4.90 Å². The number of carbonyl (C=O) groups excluding carboxylic acids is 1. The van der Waals surface area contributed by atoms with Crippen LogP contribution in [0.2, 0.25) is 4.34 Å². The van der Waals surface area contributed by atoms with Gasteiger partial charge in [-0.1, -0.05) is 11.6 Å². The summed E-state index contributed by atoms with van der Waals surface area (Å²) in [5.74, 6) is 0.769. The van der Waals surface area contributed by atoms with Crippen LogP contribution in [0.3, 0.4) is 0 Å². The SMILES string of the molecule is CCOc1ccc(C(C)=O)cc1CN1CCN(S(=O)(=O)c2ccc(Cl)s2)CC1. The fourth-order valence-corrected chi connectivity index (χ4v) is 6.21. The molecule has 0 aliphatic carbocycles. The number of piperazine rings is 1. The molecule has 2 heterocycles. The van der Waals surface area contributed by atoms with Gasteiger partial charge in [0.25, 0.3) is 10.0 Å². The summed E-state index contributed by atoms with van der Waals surface area (Å²) in [4.78, 5) is 13.9. The lowest BCUT2D eigenvalue weighted by Gasteiger charge is -2.34. The molecule has 28 heavy (non-hydrogen) atoms. The van der Waals surface area contributed by atoms with Crippen LogP contribution in [0.15, 0.2) is 34.5 Å². The largest absolute Gasteiger partial charge is 0.494 e. The summed E-state index contributed by atoms with van der Waals surface area (Å²) in [7, 11) is -3.50. The highest BCUT2D eigenvalue weighted by atomic mass is 35.5. The van der Waals surface area contributed by atoms with Gasteiger partial charge in [0.1, 0.15) is 9.96 Å². The predicted molar refractivity (Wildman–Crippen MR) is 111 cm³/mol. The van der Waals surface area contributed by atoms with E-state index in [1.54, 1.807) is 25.1 Å². The third-order valence-corrected chi connectivity index (χ3v) is 8.23. The number of carbonyl (C=O) groups is 1. The van der Waals surface area contributed by atoms with Crippen LogP contribution >= 0.6 is 22.9 Å². The van der Waals surface area contributed by atoms with Crippen LogP contribution in [-0.2, 0) is 16.6 Å². The molecule has 1 saturated heterocycles. The van der Waals surface area contributed by atoms with Crippen molar-refractivity contribution >= 4 is 38.7 Å². The van der Waals surface area contributed by atoms with E-state index >= 15 is 0 Å². The zero-order valence-corrected chi connectivity index (χ0v) is 18.2. The number of sulfonamides is 1. The lowest BCUT2D eigenvalue weighted by Crippen LogP contribution is -2.48. The quantitative estimate of drug-likeness (QED) is 0.614. The number of Topliss-reactive ketones (excluding diaryl/α,β-unsaturated/α-hetero) is 1. The van der Waals surface area contributed by atoms with Crippen molar-refractivity contribution in [3.8, 4) is 5.75 Å². The molecule has 1 aromatic carbocycles. The number of thiophene rings is 1. The van der Waals surface area contributed by atoms with Crippen molar-refractivity contribution in [1.29, 1.82) is 0 Å². The average molecular weight is 443 g/mol. The molecule has 3 rings (SSSR count). The number of ketones is 1. The third kappa shape index (κ3) is 4.75. The topological polar surface area (TPSA) is 66.9 Å². The molecule has 0 N–H and O–H groups in total. The molecule has 0 saturated carbocycles. The summed E-state index contributed by atoms with van der Waals surface area (Å²) in [6, 6.07) is 8.62. The molecule has 0 unspecified atom stereocenters. The van der Waals surface area contributed by atoms with Crippen molar-refractivity contribution in [2.45, 2.75) is 24.6 Å². The molecular formula is C19H23ClN2O4S2. The van der Waals surface area contributed by atoms with Gasteiger partial charge in [0.05, 0.1) is 10.9 Å². The highest BCUT2D eigenvalue weighted by Gasteiger charge is 2.30. The van der Waals surface area contributed by atoms with Gasteiger partial charge in [0.2, 0.25) is 0 Å². The van der Waals surface area contributed by atoms with Gasteiger partial charge in [-0.2, -0.15) is 4.31 Å². The fourth-order valence-electron chi connectivity index (χ4n) is 3.15. The summed E-state index contributed by atoms with van der Waals surface area (Å²) in [6.45, 7) is 6.64. The second-order valence-corrected chi connectivity index (χ2v) is 10.4. The van der Waals surface area contributed by atoms with Crippen LogP contribution in [-0.4, -0.2) is 56.2 Å². The van der Waals surface area contributed by atoms with E-state index < -0.39 is 10.0 Å². The van der Waals surface area contributed by atoms with Crippen molar-refractivity contribution in [1.82, 2.24) is 9.21 Å². The molecule has 1 aliphatic rings. The van der Waals surface area contributed by atoms with Gasteiger partial charge in [0.15, 0.2) is 5.78 Å². The van der Waals surface area contributed by atoms with Gasteiger partial charge in [-0.25, -0.2) is 8.42 Å². The summed E-state index contributed by atoms with van der Waals surface area (Å²) in [5.41, 5.74) is 1.59. The molecule has 9 heteroatoms. The first-order valence-electron chi connectivity index (χ1n) is 9.05. The zero-order chi connectivity index (χ0) is 20.3. The van der Waals surface area contributed by atoms with Crippen molar-refractivity contribution in [3.63, 3.8) is 0 Å². The van der Waals surface area contributed by atoms with Crippen molar-refractivity contribution in [3.05, 3.63) is 45.8 Å². The fraction of sp³-hybridized carbons (Fsp3) is 0.421. The van der Waals surface area contributed by atoms with E-state index in [9.17, 15) is 13.2 Å². The van der Waals surface area contributed by atoms with Crippen LogP contribution in [0.25, 0.3) is 0 Å². The number of hydrogen-bond donors (Lipinski definition) is 0. The Hall–Kier alpha value is -1.45. The second kappa shape index (κ2) is 8.92. The molecule has 1 aliphatic heterocycles. The molecule has 2 aromatic rings. The molecule has 1 fully saturated rings. The Morgan fingerprint density at radius 3 is 2.46 bits per heavy atom. The Labute approximate surface area is 174 Å². The summed E-state index contributed by atoms with van der Waals surface area (Å²) < 4.78 is 33.4. The van der Waals surface area contributed by atoms with Gasteiger partial charge >= 0.3 is 0 Å². The van der Waals surface area contributed by atoms with E-state index in [0.29, 0.717) is 49.2 Å². The minimum absolute atomic E-state index is 0.00909. The van der Waals surface area contributed by atoms with Crippen molar-refractivity contribution in [2.24, 2.45) is 0 Å². The van der Waals surface area contributed by atoms with Gasteiger partial charge < -0.3 is 4.74 Å². The second-order valence-electron chi connectivity index (χ2n) is 6.55. The maximum Gasteiger partial charge on any atom is 0.252 e. The number of halogens is 1. The monoisotopic (exact) mass is 442 g/mol. The molecule has 152 valence electrons. The summed E-state index contributed by atoms with van der Waals surface area (Å²) in [6.07, 6.45) is 0. The van der Waals surface area contributed by atoms with Gasteiger partial charge in [-0.3, -0.25) is 9.69 Å². The Kier molecular flexibility index (Phi) is 6.77. The number of benzene rings is 1. The third-order valence-electron chi connectivity index (χ3n) is 4.63. The molecule has 1 aromatic heterocycles. The molecular weight excluding hydrogens is 420 g/mol. The Morgan fingerprint density at radius 1 is 1.18 bits per heavy atom. The van der Waals surface area contributed by atoms with E-state index in [1.807, 2.05) is 19.1 Å². The zero-order valence-electron chi connectivity index (χ0n) is 15.9. The predicted octanol–water partition coefficient (Wildman–Crippen LogP) is 3.51. The van der Waals surface area contributed by atoms with Crippen molar-refractivity contribution in [2.75, 3.05) is 32.8 Å². The number of hydrogen-bond acceptors (Lipinski definition) is 6. The maximum absolute atomic E-state index is 12.7. The first kappa shape index (κ1) is 21.3. The van der Waals surface area contributed by atoms with Gasteiger partial charge in [-0.05, 0) is 44.2 Å². The molecule has 0 bridgehead atoms. The Balaban J connectivity index is 1.69. The van der Waals surface area contributed by atoms with Gasteiger partial charge in [-0.15, -0.1) is 11.3 Å². The average Bonchev–Trinajstić information content (AvgIpc) is 3.11. The number of rotatable bonds is 7. The number of ether oxygens (including phenoxy) is 1.